The molecular formula is C18H13FN4O2S. The fraction of sp³-hybridized carbons (Fsp3) is 0. The van der Waals surface area contributed by atoms with Crippen LogP contribution in [0.15, 0.2) is 71.9 Å². The molecule has 4 aromatic rings. The number of sulfonamides is 1. The second-order valence-electron chi connectivity index (χ2n) is 5.64. The lowest BCUT2D eigenvalue weighted by molar-refractivity contribution is 0.601. The van der Waals surface area contributed by atoms with Crippen LogP contribution in [0.5, 0.6) is 0 Å². The molecule has 2 heterocycles. The number of aromatic amines is 1. The third-order valence-electron chi connectivity index (χ3n) is 3.86. The summed E-state index contributed by atoms with van der Waals surface area (Å²) in [6.07, 6.45) is 2.78. The Balaban J connectivity index is 1.71. The molecule has 0 radical (unpaired) electrons. The van der Waals surface area contributed by atoms with E-state index in [9.17, 15) is 12.8 Å². The predicted molar refractivity (Wildman–Crippen MR) is 96.5 cm³/mol. The molecule has 0 spiro atoms. The zero-order valence-corrected chi connectivity index (χ0v) is 14.2. The number of fused-ring (bicyclic) bond motifs is 1. The van der Waals surface area contributed by atoms with Crippen LogP contribution in [0.1, 0.15) is 0 Å². The summed E-state index contributed by atoms with van der Waals surface area (Å²) in [5.74, 6) is -0.356. The summed E-state index contributed by atoms with van der Waals surface area (Å²) < 4.78 is 40.7. The number of pyridine rings is 1. The van der Waals surface area contributed by atoms with Crippen molar-refractivity contribution in [1.29, 1.82) is 0 Å². The largest absolute Gasteiger partial charge is 0.280 e. The second-order valence-corrected chi connectivity index (χ2v) is 7.32. The number of anilines is 1. The van der Waals surface area contributed by atoms with Crippen molar-refractivity contribution in [3.8, 4) is 11.3 Å². The van der Waals surface area contributed by atoms with Crippen molar-refractivity contribution in [2.45, 2.75) is 4.90 Å². The first-order valence-corrected chi connectivity index (χ1v) is 9.18. The summed E-state index contributed by atoms with van der Waals surface area (Å²) in [6.45, 7) is 0. The predicted octanol–water partition coefficient (Wildman–Crippen LogP) is 3.56. The molecule has 0 unspecified atom stereocenters. The molecule has 0 saturated heterocycles. The van der Waals surface area contributed by atoms with Crippen molar-refractivity contribution in [1.82, 2.24) is 15.2 Å². The van der Waals surface area contributed by atoms with Gasteiger partial charge in [-0.2, -0.15) is 5.10 Å². The fourth-order valence-corrected chi connectivity index (χ4v) is 3.67. The maximum atomic E-state index is 13.3. The van der Waals surface area contributed by atoms with E-state index < -0.39 is 10.0 Å². The molecule has 130 valence electrons. The molecule has 0 aliphatic heterocycles. The van der Waals surface area contributed by atoms with Gasteiger partial charge in [0, 0.05) is 29.0 Å². The Hall–Kier alpha value is -3.26. The highest BCUT2D eigenvalue weighted by Gasteiger charge is 2.15. The van der Waals surface area contributed by atoms with Crippen LogP contribution in [-0.2, 0) is 10.0 Å². The van der Waals surface area contributed by atoms with Gasteiger partial charge in [-0.3, -0.25) is 14.8 Å². The average molecular weight is 368 g/mol. The van der Waals surface area contributed by atoms with Crippen molar-refractivity contribution in [3.05, 3.63) is 72.8 Å². The summed E-state index contributed by atoms with van der Waals surface area (Å²) in [7, 11) is -3.74. The quantitative estimate of drug-likeness (QED) is 0.576. The van der Waals surface area contributed by atoms with Gasteiger partial charge in [-0.05, 0) is 42.5 Å². The average Bonchev–Trinajstić information content (AvgIpc) is 3.05. The lowest BCUT2D eigenvalue weighted by Gasteiger charge is -2.09. The minimum Gasteiger partial charge on any atom is -0.280 e. The molecule has 0 fully saturated rings. The Bertz CT molecular complexity index is 1190. The molecule has 0 amide bonds. The van der Waals surface area contributed by atoms with E-state index in [1.54, 1.807) is 36.4 Å². The second kappa shape index (κ2) is 6.23. The minimum absolute atomic E-state index is 0.0751. The summed E-state index contributed by atoms with van der Waals surface area (Å²) >= 11 is 0. The smallest absolute Gasteiger partial charge is 0.263 e. The number of H-pyrrole nitrogens is 1. The van der Waals surface area contributed by atoms with Crippen LogP contribution in [0.25, 0.3) is 22.2 Å². The molecule has 6 nitrogen and oxygen atoms in total. The Morgan fingerprint density at radius 1 is 1.04 bits per heavy atom. The molecule has 0 atom stereocenters. The molecule has 4 rings (SSSR count). The Kier molecular flexibility index (Phi) is 3.89. The number of hydrogen-bond acceptors (Lipinski definition) is 4. The minimum atomic E-state index is -3.74. The molecule has 0 bridgehead atoms. The van der Waals surface area contributed by atoms with Gasteiger partial charge in [0.15, 0.2) is 0 Å². The van der Waals surface area contributed by atoms with Crippen LogP contribution in [0.2, 0.25) is 0 Å². The number of nitrogens with zero attached hydrogens (tertiary/aromatic N) is 2. The van der Waals surface area contributed by atoms with Gasteiger partial charge in [0.1, 0.15) is 10.7 Å². The molecular weight excluding hydrogens is 355 g/mol. The molecule has 8 heteroatoms. The zero-order chi connectivity index (χ0) is 18.1. The zero-order valence-electron chi connectivity index (χ0n) is 13.3. The first kappa shape index (κ1) is 16.2. The van der Waals surface area contributed by atoms with E-state index in [2.05, 4.69) is 19.9 Å². The van der Waals surface area contributed by atoms with E-state index in [0.29, 0.717) is 22.5 Å². The van der Waals surface area contributed by atoms with Gasteiger partial charge in [-0.1, -0.05) is 12.1 Å². The summed E-state index contributed by atoms with van der Waals surface area (Å²) in [5, 5.41) is 7.76. The van der Waals surface area contributed by atoms with Crippen molar-refractivity contribution < 1.29 is 12.8 Å². The summed E-state index contributed by atoms with van der Waals surface area (Å²) in [6, 6.07) is 14.2. The van der Waals surface area contributed by atoms with Gasteiger partial charge in [-0.15, -0.1) is 0 Å². The van der Waals surface area contributed by atoms with Gasteiger partial charge in [0.2, 0.25) is 0 Å². The summed E-state index contributed by atoms with van der Waals surface area (Å²) in [5.41, 5.74) is 2.28. The van der Waals surface area contributed by atoms with Gasteiger partial charge < -0.3 is 0 Å². The van der Waals surface area contributed by atoms with Gasteiger partial charge in [-0.25, -0.2) is 12.8 Å². The molecule has 2 N–H and O–H groups in total. The maximum absolute atomic E-state index is 13.3. The van der Waals surface area contributed by atoms with Crippen LogP contribution < -0.4 is 4.72 Å². The molecule has 2 aromatic carbocycles. The van der Waals surface area contributed by atoms with Gasteiger partial charge in [0.05, 0.1) is 11.2 Å². The van der Waals surface area contributed by atoms with Crippen LogP contribution in [0, 0.1) is 5.82 Å². The number of nitrogens with one attached hydrogen (secondary N) is 2. The number of benzene rings is 2. The van der Waals surface area contributed by atoms with Crippen molar-refractivity contribution in [3.63, 3.8) is 0 Å². The summed E-state index contributed by atoms with van der Waals surface area (Å²) in [4.78, 5) is 3.90. The SMILES string of the molecule is O=S(=O)(Nc1cccc(-c2n[nH]c3cc(F)ccc23)c1)c1cccnc1. The van der Waals surface area contributed by atoms with Crippen molar-refractivity contribution >= 4 is 26.6 Å². The topological polar surface area (TPSA) is 87.7 Å². The molecule has 0 aliphatic rings. The third-order valence-corrected chi connectivity index (χ3v) is 5.22. The highest BCUT2D eigenvalue weighted by atomic mass is 32.2. The van der Waals surface area contributed by atoms with E-state index in [4.69, 9.17) is 0 Å². The monoisotopic (exact) mass is 368 g/mol. The number of hydrogen-bond donors (Lipinski definition) is 2. The van der Waals surface area contributed by atoms with E-state index in [0.717, 1.165) is 5.39 Å². The molecule has 2 aromatic heterocycles. The Morgan fingerprint density at radius 2 is 1.92 bits per heavy atom. The normalized spacial score (nSPS) is 11.6. The first-order valence-electron chi connectivity index (χ1n) is 7.70. The Morgan fingerprint density at radius 3 is 2.73 bits per heavy atom. The van der Waals surface area contributed by atoms with E-state index >= 15 is 0 Å². The van der Waals surface area contributed by atoms with Gasteiger partial charge >= 0.3 is 0 Å². The van der Waals surface area contributed by atoms with Gasteiger partial charge in [0.25, 0.3) is 10.0 Å². The number of aromatic nitrogens is 3. The van der Waals surface area contributed by atoms with Crippen LogP contribution in [0.4, 0.5) is 10.1 Å². The molecule has 0 aliphatic carbocycles. The van der Waals surface area contributed by atoms with E-state index in [1.807, 2.05) is 0 Å². The van der Waals surface area contributed by atoms with Crippen LogP contribution in [-0.4, -0.2) is 23.6 Å². The van der Waals surface area contributed by atoms with E-state index in [1.165, 1.54) is 30.6 Å². The lowest BCUT2D eigenvalue weighted by Crippen LogP contribution is -2.13. The maximum Gasteiger partial charge on any atom is 0.263 e. The highest BCUT2D eigenvalue weighted by molar-refractivity contribution is 7.92. The lowest BCUT2D eigenvalue weighted by atomic mass is 10.1. The number of rotatable bonds is 4. The van der Waals surface area contributed by atoms with Crippen LogP contribution in [0.3, 0.4) is 0 Å². The van der Waals surface area contributed by atoms with Crippen molar-refractivity contribution in [2.75, 3.05) is 4.72 Å². The first-order chi connectivity index (χ1) is 12.5. The van der Waals surface area contributed by atoms with Crippen molar-refractivity contribution in [2.24, 2.45) is 0 Å². The van der Waals surface area contributed by atoms with Crippen LogP contribution >= 0.6 is 0 Å². The third kappa shape index (κ3) is 3.02. The molecule has 26 heavy (non-hydrogen) atoms. The number of halogens is 1. The standard InChI is InChI=1S/C18H13FN4O2S/c19-13-6-7-16-17(10-13)21-22-18(16)12-3-1-4-14(9-12)23-26(24,25)15-5-2-8-20-11-15/h1-11,23H,(H,21,22). The van der Waals surface area contributed by atoms with E-state index in [-0.39, 0.29) is 10.7 Å². The fourth-order valence-electron chi connectivity index (χ4n) is 2.66. The Labute approximate surface area is 148 Å². The highest BCUT2D eigenvalue weighted by Crippen LogP contribution is 2.29. The molecule has 0 saturated carbocycles.